The van der Waals surface area contributed by atoms with E-state index in [-0.39, 0.29) is 11.5 Å². The van der Waals surface area contributed by atoms with Gasteiger partial charge in [0, 0.05) is 6.42 Å². The van der Waals surface area contributed by atoms with Gasteiger partial charge in [0.15, 0.2) is 5.78 Å². The van der Waals surface area contributed by atoms with Crippen LogP contribution >= 0.6 is 0 Å². The van der Waals surface area contributed by atoms with E-state index in [1.54, 1.807) is 13.2 Å². The molecule has 0 heterocycles. The highest BCUT2D eigenvalue weighted by Gasteiger charge is 2.24. The van der Waals surface area contributed by atoms with Crippen molar-refractivity contribution in [3.63, 3.8) is 0 Å². The van der Waals surface area contributed by atoms with Gasteiger partial charge in [-0.1, -0.05) is 18.2 Å². The lowest BCUT2D eigenvalue weighted by Gasteiger charge is -2.18. The summed E-state index contributed by atoms with van der Waals surface area (Å²) in [5.74, 6) is 0.706. The Labute approximate surface area is 105 Å². The quantitative estimate of drug-likeness (QED) is 0.836. The van der Waals surface area contributed by atoms with E-state index in [2.05, 4.69) is 0 Å². The molecule has 0 aliphatic heterocycles. The van der Waals surface area contributed by atoms with Gasteiger partial charge < -0.3 is 9.84 Å². The minimum Gasteiger partial charge on any atom is -0.506 e. The molecule has 0 saturated heterocycles. The molecule has 0 aromatic heterocycles. The molecule has 3 nitrogen and oxygen atoms in total. The van der Waals surface area contributed by atoms with E-state index in [1.165, 1.54) is 0 Å². The van der Waals surface area contributed by atoms with Gasteiger partial charge in [-0.05, 0) is 29.9 Å². The zero-order chi connectivity index (χ0) is 12.7. The monoisotopic (exact) mass is 242 g/mol. The summed E-state index contributed by atoms with van der Waals surface area (Å²) >= 11 is 0. The van der Waals surface area contributed by atoms with Crippen LogP contribution in [-0.2, 0) is 6.42 Å². The van der Waals surface area contributed by atoms with Crippen LogP contribution in [-0.4, -0.2) is 18.0 Å². The van der Waals surface area contributed by atoms with Crippen LogP contribution in [0, 0.1) is 0 Å². The number of methoxy groups -OCH3 is 1. The number of ketones is 1. The van der Waals surface area contributed by atoms with Crippen LogP contribution in [0.3, 0.4) is 0 Å². The summed E-state index contributed by atoms with van der Waals surface area (Å²) in [5, 5.41) is 11.9. The van der Waals surface area contributed by atoms with Crippen molar-refractivity contribution >= 4 is 16.6 Å². The number of ether oxygens (including phenoxy) is 1. The van der Waals surface area contributed by atoms with Crippen molar-refractivity contribution in [2.24, 2.45) is 0 Å². The van der Waals surface area contributed by atoms with Crippen molar-refractivity contribution in [2.45, 2.75) is 19.3 Å². The van der Waals surface area contributed by atoms with Crippen LogP contribution in [0.5, 0.6) is 11.5 Å². The number of phenolic OH excluding ortho intramolecular Hbond substituents is 1. The summed E-state index contributed by atoms with van der Waals surface area (Å²) in [6.45, 7) is 0. The second-order valence-corrected chi connectivity index (χ2v) is 4.59. The summed E-state index contributed by atoms with van der Waals surface area (Å²) in [7, 11) is 1.56. The number of benzene rings is 2. The molecule has 0 radical (unpaired) electrons. The molecule has 0 fully saturated rings. The molecule has 3 rings (SSSR count). The molecule has 0 bridgehead atoms. The number of phenols is 1. The highest BCUT2D eigenvalue weighted by Crippen LogP contribution is 2.40. The molecule has 0 amide bonds. The van der Waals surface area contributed by atoms with Gasteiger partial charge >= 0.3 is 0 Å². The molecule has 2 aromatic rings. The Kier molecular flexibility index (Phi) is 2.47. The van der Waals surface area contributed by atoms with Crippen LogP contribution in [0.4, 0.5) is 0 Å². The van der Waals surface area contributed by atoms with Crippen molar-refractivity contribution in [2.75, 3.05) is 7.11 Å². The zero-order valence-electron chi connectivity index (χ0n) is 10.2. The van der Waals surface area contributed by atoms with E-state index in [1.807, 2.05) is 18.2 Å². The second kappa shape index (κ2) is 4.02. The highest BCUT2D eigenvalue weighted by molar-refractivity contribution is 6.08. The molecular weight excluding hydrogens is 228 g/mol. The van der Waals surface area contributed by atoms with Crippen molar-refractivity contribution in [3.05, 3.63) is 35.4 Å². The van der Waals surface area contributed by atoms with E-state index >= 15 is 0 Å². The average molecular weight is 242 g/mol. The van der Waals surface area contributed by atoms with Crippen LogP contribution in [0.25, 0.3) is 10.8 Å². The molecular formula is C15H14O3. The molecule has 2 aromatic carbocycles. The maximum atomic E-state index is 11.9. The topological polar surface area (TPSA) is 46.5 Å². The first-order valence-corrected chi connectivity index (χ1v) is 6.07. The molecule has 0 spiro atoms. The Hall–Kier alpha value is -2.03. The van der Waals surface area contributed by atoms with Crippen molar-refractivity contribution < 1.29 is 14.6 Å². The molecule has 0 saturated carbocycles. The summed E-state index contributed by atoms with van der Waals surface area (Å²) in [6, 6.07) is 7.60. The minimum absolute atomic E-state index is 0.0292. The average Bonchev–Trinajstić information content (AvgIpc) is 2.38. The minimum atomic E-state index is 0.0292. The summed E-state index contributed by atoms with van der Waals surface area (Å²) in [6.07, 6.45) is 2.23. The van der Waals surface area contributed by atoms with Gasteiger partial charge in [-0.15, -0.1) is 0 Å². The molecule has 1 aliphatic rings. The van der Waals surface area contributed by atoms with Crippen LogP contribution in [0.1, 0.15) is 28.8 Å². The predicted molar refractivity (Wildman–Crippen MR) is 69.4 cm³/mol. The van der Waals surface area contributed by atoms with E-state index in [9.17, 15) is 9.90 Å². The molecule has 3 heteroatoms. The number of fused-ring (bicyclic) bond motifs is 2. The third-order valence-electron chi connectivity index (χ3n) is 3.53. The lowest BCUT2D eigenvalue weighted by molar-refractivity contribution is 0.0970. The Bertz CT molecular complexity index is 644. The molecule has 0 atom stereocenters. The molecule has 0 unspecified atom stereocenters. The Balaban J connectivity index is 2.41. The van der Waals surface area contributed by atoms with E-state index < -0.39 is 0 Å². The van der Waals surface area contributed by atoms with Gasteiger partial charge in [0.1, 0.15) is 11.5 Å². The maximum Gasteiger partial charge on any atom is 0.166 e. The smallest absolute Gasteiger partial charge is 0.166 e. The van der Waals surface area contributed by atoms with Crippen LogP contribution in [0.2, 0.25) is 0 Å². The normalized spacial score (nSPS) is 14.6. The summed E-state index contributed by atoms with van der Waals surface area (Å²) < 4.78 is 5.26. The third kappa shape index (κ3) is 1.47. The second-order valence-electron chi connectivity index (χ2n) is 4.59. The fourth-order valence-corrected chi connectivity index (χ4v) is 2.70. The van der Waals surface area contributed by atoms with E-state index in [0.29, 0.717) is 23.1 Å². The number of carbonyl (C=O) groups is 1. The number of hydrogen-bond donors (Lipinski definition) is 1. The fourth-order valence-electron chi connectivity index (χ4n) is 2.70. The van der Waals surface area contributed by atoms with Crippen molar-refractivity contribution in [3.8, 4) is 11.5 Å². The molecule has 1 aliphatic carbocycles. The number of Topliss-reactive ketones (excluding diaryl/α,β-unsaturated/α-hetero) is 1. The van der Waals surface area contributed by atoms with Gasteiger partial charge in [-0.2, -0.15) is 0 Å². The zero-order valence-corrected chi connectivity index (χ0v) is 10.2. The Morgan fingerprint density at radius 2 is 2.11 bits per heavy atom. The first-order chi connectivity index (χ1) is 8.72. The van der Waals surface area contributed by atoms with Crippen LogP contribution in [0.15, 0.2) is 24.3 Å². The van der Waals surface area contributed by atoms with E-state index in [4.69, 9.17) is 4.74 Å². The first kappa shape index (κ1) is 11.1. The summed E-state index contributed by atoms with van der Waals surface area (Å²) in [5.41, 5.74) is 1.43. The largest absolute Gasteiger partial charge is 0.506 e. The first-order valence-electron chi connectivity index (χ1n) is 6.07. The SMILES string of the molecule is COc1cccc2cc3c(c(O)c12)C(=O)CCC3. The number of aryl methyl sites for hydroxylation is 1. The summed E-state index contributed by atoms with van der Waals surface area (Å²) in [4.78, 5) is 11.9. The van der Waals surface area contributed by atoms with Crippen LogP contribution < -0.4 is 4.74 Å². The third-order valence-corrected chi connectivity index (χ3v) is 3.53. The fraction of sp³-hybridized carbons (Fsp3) is 0.267. The molecule has 1 N–H and O–H groups in total. The van der Waals surface area contributed by atoms with Gasteiger partial charge in [-0.25, -0.2) is 0 Å². The van der Waals surface area contributed by atoms with Gasteiger partial charge in [-0.3, -0.25) is 4.79 Å². The molecule has 92 valence electrons. The van der Waals surface area contributed by atoms with Crippen molar-refractivity contribution in [1.29, 1.82) is 0 Å². The standard InChI is InChI=1S/C15H14O3/c1-18-12-7-3-5-10-8-9-4-2-6-11(16)13(9)15(17)14(10)12/h3,5,7-8,17H,2,4,6H2,1H3. The maximum absolute atomic E-state index is 11.9. The Morgan fingerprint density at radius 3 is 2.89 bits per heavy atom. The van der Waals surface area contributed by atoms with Crippen molar-refractivity contribution in [1.82, 2.24) is 0 Å². The van der Waals surface area contributed by atoms with E-state index in [0.717, 1.165) is 23.8 Å². The number of aromatic hydroxyl groups is 1. The Morgan fingerprint density at radius 1 is 1.28 bits per heavy atom. The highest BCUT2D eigenvalue weighted by atomic mass is 16.5. The number of hydrogen-bond acceptors (Lipinski definition) is 3. The lowest BCUT2D eigenvalue weighted by Crippen LogP contribution is -2.11. The van der Waals surface area contributed by atoms with Gasteiger partial charge in [0.2, 0.25) is 0 Å². The number of carbonyl (C=O) groups excluding carboxylic acids is 1. The van der Waals surface area contributed by atoms with Gasteiger partial charge in [0.05, 0.1) is 18.1 Å². The molecule has 18 heavy (non-hydrogen) atoms. The lowest BCUT2D eigenvalue weighted by atomic mass is 9.87. The number of rotatable bonds is 1. The predicted octanol–water partition coefficient (Wildman–Crippen LogP) is 3.07. The van der Waals surface area contributed by atoms with Gasteiger partial charge in [0.25, 0.3) is 0 Å².